The molecule has 0 saturated carbocycles. The van der Waals surface area contributed by atoms with Crippen molar-refractivity contribution < 1.29 is 0 Å². The zero-order valence-electron chi connectivity index (χ0n) is 12.7. The molecule has 1 heterocycles. The van der Waals surface area contributed by atoms with E-state index in [1.807, 2.05) is 0 Å². The minimum atomic E-state index is 0.434. The van der Waals surface area contributed by atoms with Crippen LogP contribution in [0.5, 0.6) is 0 Å². The third kappa shape index (κ3) is 2.52. The summed E-state index contributed by atoms with van der Waals surface area (Å²) in [6, 6.07) is 4.58. The molecule has 0 bridgehead atoms. The zero-order valence-corrected chi connectivity index (χ0v) is 13.5. The number of hydrogen-bond acceptors (Lipinski definition) is 1. The third-order valence-electron chi connectivity index (χ3n) is 3.62. The molecular formula is C16H23ClN2. The van der Waals surface area contributed by atoms with Crippen LogP contribution < -0.4 is 0 Å². The molecule has 0 aliphatic carbocycles. The molecule has 0 unspecified atom stereocenters. The summed E-state index contributed by atoms with van der Waals surface area (Å²) in [6.45, 7) is 9.78. The van der Waals surface area contributed by atoms with E-state index in [9.17, 15) is 0 Å². The number of halogens is 1. The first-order chi connectivity index (χ1) is 8.82. The van der Waals surface area contributed by atoms with Crippen molar-refractivity contribution in [2.24, 2.45) is 0 Å². The lowest BCUT2D eigenvalue weighted by atomic mass is 10.1. The van der Waals surface area contributed by atoms with Crippen molar-refractivity contribution in [1.29, 1.82) is 0 Å². The minimum absolute atomic E-state index is 0.434. The predicted octanol–water partition coefficient (Wildman–Crippen LogP) is 4.55. The van der Waals surface area contributed by atoms with Gasteiger partial charge in [-0.25, -0.2) is 0 Å². The summed E-state index contributed by atoms with van der Waals surface area (Å²) >= 11 is 6.24. The maximum absolute atomic E-state index is 6.24. The summed E-state index contributed by atoms with van der Waals surface area (Å²) < 4.78 is 2.42. The largest absolute Gasteiger partial charge is 0.340 e. The lowest BCUT2D eigenvalue weighted by molar-refractivity contribution is 0.382. The molecule has 19 heavy (non-hydrogen) atoms. The van der Waals surface area contributed by atoms with Crippen LogP contribution in [0.3, 0.4) is 0 Å². The zero-order chi connectivity index (χ0) is 14.3. The first kappa shape index (κ1) is 14.4. The van der Waals surface area contributed by atoms with E-state index >= 15 is 0 Å². The predicted molar refractivity (Wildman–Crippen MR) is 84.2 cm³/mol. The SMILES string of the molecule is Cc1cc(Cl)cc2c1c(C)c(CN(C)C)n2C(C)C. The molecule has 2 rings (SSSR count). The van der Waals surface area contributed by atoms with Crippen LogP contribution in [0.2, 0.25) is 5.02 Å². The third-order valence-corrected chi connectivity index (χ3v) is 3.84. The lowest BCUT2D eigenvalue weighted by Gasteiger charge is -2.18. The van der Waals surface area contributed by atoms with Gasteiger partial charge in [0.1, 0.15) is 0 Å². The molecule has 3 heteroatoms. The van der Waals surface area contributed by atoms with Crippen molar-refractivity contribution in [3.05, 3.63) is 34.0 Å². The first-order valence-electron chi connectivity index (χ1n) is 6.77. The van der Waals surface area contributed by atoms with E-state index in [1.54, 1.807) is 0 Å². The van der Waals surface area contributed by atoms with E-state index in [1.165, 1.54) is 27.7 Å². The molecule has 0 spiro atoms. The van der Waals surface area contributed by atoms with Gasteiger partial charge in [-0.05, 0) is 65.0 Å². The van der Waals surface area contributed by atoms with E-state index in [2.05, 4.69) is 63.4 Å². The van der Waals surface area contributed by atoms with Crippen LogP contribution in [0.25, 0.3) is 10.9 Å². The maximum atomic E-state index is 6.24. The summed E-state index contributed by atoms with van der Waals surface area (Å²) in [4.78, 5) is 2.22. The highest BCUT2D eigenvalue weighted by atomic mass is 35.5. The van der Waals surface area contributed by atoms with E-state index in [0.717, 1.165) is 11.6 Å². The van der Waals surface area contributed by atoms with Crippen LogP contribution in [-0.2, 0) is 6.54 Å². The molecule has 2 nitrogen and oxygen atoms in total. The number of hydrogen-bond donors (Lipinski definition) is 0. The van der Waals surface area contributed by atoms with Gasteiger partial charge >= 0.3 is 0 Å². The Bertz CT molecular complexity index is 609. The van der Waals surface area contributed by atoms with Crippen molar-refractivity contribution in [1.82, 2.24) is 9.47 Å². The van der Waals surface area contributed by atoms with Gasteiger partial charge in [-0.15, -0.1) is 0 Å². The summed E-state index contributed by atoms with van der Waals surface area (Å²) in [7, 11) is 4.23. The second-order valence-corrected chi connectivity index (χ2v) is 6.33. The van der Waals surface area contributed by atoms with Gasteiger partial charge in [0.2, 0.25) is 0 Å². The van der Waals surface area contributed by atoms with Gasteiger partial charge in [0.25, 0.3) is 0 Å². The number of rotatable bonds is 3. The van der Waals surface area contributed by atoms with Gasteiger partial charge in [0, 0.05) is 28.7 Å². The Morgan fingerprint density at radius 2 is 1.84 bits per heavy atom. The topological polar surface area (TPSA) is 8.17 Å². The van der Waals surface area contributed by atoms with E-state index in [4.69, 9.17) is 11.6 Å². The Morgan fingerprint density at radius 1 is 1.21 bits per heavy atom. The lowest BCUT2D eigenvalue weighted by Crippen LogP contribution is -2.16. The molecule has 0 aliphatic rings. The van der Waals surface area contributed by atoms with Gasteiger partial charge in [-0.1, -0.05) is 11.6 Å². The number of benzene rings is 1. The molecule has 0 N–H and O–H groups in total. The van der Waals surface area contributed by atoms with Gasteiger partial charge in [-0.2, -0.15) is 0 Å². The maximum Gasteiger partial charge on any atom is 0.0505 e. The van der Waals surface area contributed by atoms with E-state index in [-0.39, 0.29) is 0 Å². The number of nitrogens with zero attached hydrogens (tertiary/aromatic N) is 2. The Morgan fingerprint density at radius 3 is 2.37 bits per heavy atom. The molecule has 0 amide bonds. The summed E-state index contributed by atoms with van der Waals surface area (Å²) in [5.41, 5.74) is 5.29. The molecule has 0 fully saturated rings. The normalized spacial score (nSPS) is 12.1. The average molecular weight is 279 g/mol. The Balaban J connectivity index is 2.83. The molecule has 0 aliphatic heterocycles. The molecule has 0 atom stereocenters. The highest BCUT2D eigenvalue weighted by Crippen LogP contribution is 2.33. The molecule has 1 aromatic carbocycles. The van der Waals surface area contributed by atoms with Crippen LogP contribution in [0.15, 0.2) is 12.1 Å². The Hall–Kier alpha value is -0.990. The molecule has 1 aromatic heterocycles. The molecule has 0 saturated heterocycles. The van der Waals surface area contributed by atoms with Crippen molar-refractivity contribution in [2.45, 2.75) is 40.3 Å². The van der Waals surface area contributed by atoms with Crippen LogP contribution in [0, 0.1) is 13.8 Å². The monoisotopic (exact) mass is 278 g/mol. The average Bonchev–Trinajstić information content (AvgIpc) is 2.50. The van der Waals surface area contributed by atoms with Crippen LogP contribution in [0.1, 0.15) is 36.7 Å². The quantitative estimate of drug-likeness (QED) is 0.799. The molecular weight excluding hydrogens is 256 g/mol. The van der Waals surface area contributed by atoms with E-state index in [0.29, 0.717) is 6.04 Å². The Kier molecular flexibility index (Phi) is 3.93. The fourth-order valence-electron chi connectivity index (χ4n) is 2.96. The van der Waals surface area contributed by atoms with Gasteiger partial charge in [-0.3, -0.25) is 0 Å². The summed E-state index contributed by atoms with van der Waals surface area (Å²) in [5.74, 6) is 0. The van der Waals surface area contributed by atoms with Gasteiger partial charge in [0.15, 0.2) is 0 Å². The van der Waals surface area contributed by atoms with E-state index < -0.39 is 0 Å². The number of fused-ring (bicyclic) bond motifs is 1. The highest BCUT2D eigenvalue weighted by molar-refractivity contribution is 6.31. The van der Waals surface area contributed by atoms with Crippen LogP contribution in [0.4, 0.5) is 0 Å². The molecule has 104 valence electrons. The van der Waals surface area contributed by atoms with Crippen molar-refractivity contribution in [3.8, 4) is 0 Å². The van der Waals surface area contributed by atoms with Crippen molar-refractivity contribution in [3.63, 3.8) is 0 Å². The van der Waals surface area contributed by atoms with Crippen molar-refractivity contribution >= 4 is 22.5 Å². The minimum Gasteiger partial charge on any atom is -0.340 e. The standard InChI is InChI=1S/C16H23ClN2/c1-10(2)19-14-8-13(17)7-11(3)16(14)12(4)15(19)9-18(5)6/h7-8,10H,9H2,1-6H3. The number of aryl methyl sites for hydroxylation is 2. The highest BCUT2D eigenvalue weighted by Gasteiger charge is 2.18. The summed E-state index contributed by atoms with van der Waals surface area (Å²) in [5, 5.41) is 2.18. The second-order valence-electron chi connectivity index (χ2n) is 5.89. The first-order valence-corrected chi connectivity index (χ1v) is 7.15. The fourth-order valence-corrected chi connectivity index (χ4v) is 3.22. The van der Waals surface area contributed by atoms with Gasteiger partial charge in [0.05, 0.1) is 5.52 Å². The van der Waals surface area contributed by atoms with Gasteiger partial charge < -0.3 is 9.47 Å². The molecule has 0 radical (unpaired) electrons. The Labute approximate surface area is 121 Å². The van der Waals surface area contributed by atoms with Crippen LogP contribution in [-0.4, -0.2) is 23.6 Å². The van der Waals surface area contributed by atoms with Crippen LogP contribution >= 0.6 is 11.6 Å². The number of aromatic nitrogens is 1. The second kappa shape index (κ2) is 5.18. The van der Waals surface area contributed by atoms with Crippen molar-refractivity contribution in [2.75, 3.05) is 14.1 Å². The smallest absolute Gasteiger partial charge is 0.0505 e. The summed E-state index contributed by atoms with van der Waals surface area (Å²) in [6.07, 6.45) is 0. The molecule has 2 aromatic rings. The fraction of sp³-hybridized carbons (Fsp3) is 0.500.